The van der Waals surface area contributed by atoms with Crippen molar-refractivity contribution in [2.75, 3.05) is 44.2 Å². The number of nitrogens with one attached hydrogen (secondary N) is 2. The first-order valence-electron chi connectivity index (χ1n) is 16.0. The number of aryl methyl sites for hydroxylation is 1. The molecule has 0 spiro atoms. The molecule has 3 atom stereocenters. The smallest absolute Gasteiger partial charge is 0.321 e. The van der Waals surface area contributed by atoms with Crippen LogP contribution in [-0.2, 0) is 29.5 Å². The van der Waals surface area contributed by atoms with Gasteiger partial charge in [-0.05, 0) is 48.9 Å². The number of rotatable bonds is 8. The van der Waals surface area contributed by atoms with Crippen LogP contribution in [0.15, 0.2) is 66.9 Å². The maximum Gasteiger partial charge on any atom is 0.321 e. The fourth-order valence-electron chi connectivity index (χ4n) is 6.22. The molecule has 3 heterocycles. The molecule has 0 aliphatic carbocycles. The van der Waals surface area contributed by atoms with Crippen LogP contribution in [0.25, 0.3) is 10.9 Å². The Morgan fingerprint density at radius 3 is 2.54 bits per heavy atom. The van der Waals surface area contributed by atoms with E-state index in [1.807, 2.05) is 49.0 Å². The Morgan fingerprint density at radius 1 is 1.02 bits per heavy atom. The molecule has 0 saturated carbocycles. The normalized spacial score (nSPS) is 17.9. The number of fused-ring (bicyclic) bond motifs is 3. The van der Waals surface area contributed by atoms with Crippen LogP contribution in [0, 0.1) is 5.92 Å². The molecule has 0 bridgehead atoms. The van der Waals surface area contributed by atoms with Crippen molar-refractivity contribution in [3.63, 3.8) is 0 Å². The summed E-state index contributed by atoms with van der Waals surface area (Å²) in [4.78, 5) is 43.2. The maximum atomic E-state index is 13.6. The lowest BCUT2D eigenvalue weighted by molar-refractivity contribution is -0.134. The van der Waals surface area contributed by atoms with Gasteiger partial charge in [0.15, 0.2) is 11.5 Å². The van der Waals surface area contributed by atoms with Gasteiger partial charge < -0.3 is 44.3 Å². The first-order chi connectivity index (χ1) is 23.1. The van der Waals surface area contributed by atoms with Gasteiger partial charge in [-0.2, -0.15) is 0 Å². The third-order valence-electron chi connectivity index (χ3n) is 8.96. The molecule has 4 amide bonds. The molecule has 0 fully saturated rings. The first-order valence-corrected chi connectivity index (χ1v) is 16.0. The van der Waals surface area contributed by atoms with E-state index in [0.717, 1.165) is 16.5 Å². The second-order valence-corrected chi connectivity index (χ2v) is 12.6. The fourth-order valence-corrected chi connectivity index (χ4v) is 6.22. The zero-order valence-corrected chi connectivity index (χ0v) is 27.6. The topological polar surface area (TPSA) is 135 Å². The number of ether oxygens (including phenoxy) is 3. The molecule has 0 unspecified atom stereocenters. The highest BCUT2D eigenvalue weighted by atomic mass is 16.7. The second kappa shape index (κ2) is 13.9. The summed E-state index contributed by atoms with van der Waals surface area (Å²) in [6, 6.07) is 17.7. The Kier molecular flexibility index (Phi) is 9.44. The summed E-state index contributed by atoms with van der Waals surface area (Å²) in [5, 5.41) is 16.9. The van der Waals surface area contributed by atoms with Crippen LogP contribution in [0.3, 0.4) is 0 Å². The Balaban J connectivity index is 1.20. The number of para-hydroxylation sites is 1. The highest BCUT2D eigenvalue weighted by molar-refractivity contribution is 5.96. The number of hydrogen-bond donors (Lipinski definition) is 3. The van der Waals surface area contributed by atoms with Gasteiger partial charge in [-0.15, -0.1) is 0 Å². The van der Waals surface area contributed by atoms with Gasteiger partial charge in [0.25, 0.3) is 0 Å². The summed E-state index contributed by atoms with van der Waals surface area (Å²) >= 11 is 0. The number of aromatic nitrogens is 1. The molecular weight excluding hydrogens is 614 g/mol. The summed E-state index contributed by atoms with van der Waals surface area (Å²) in [7, 11) is 3.64. The minimum atomic E-state index is -0.498. The van der Waals surface area contributed by atoms with E-state index < -0.39 is 12.1 Å². The van der Waals surface area contributed by atoms with Crippen molar-refractivity contribution >= 4 is 40.1 Å². The molecule has 12 heteroatoms. The van der Waals surface area contributed by atoms with Crippen molar-refractivity contribution in [2.24, 2.45) is 13.0 Å². The van der Waals surface area contributed by atoms with Gasteiger partial charge in [-0.3, -0.25) is 9.59 Å². The van der Waals surface area contributed by atoms with Crippen molar-refractivity contribution in [1.29, 1.82) is 0 Å². The van der Waals surface area contributed by atoms with Gasteiger partial charge in [0.05, 0.1) is 32.0 Å². The SMILES string of the molecule is C[C@@H]1CN([C@H](C)CO)C(=O)Cc2cc(NC(=O)Cc3cn(C)c4ccccc34)ccc2O[C@H]1CN(C)C(=O)Nc1ccc2c(c1)OCO2. The van der Waals surface area contributed by atoms with Gasteiger partial charge in [-0.1, -0.05) is 25.1 Å². The van der Waals surface area contributed by atoms with Crippen LogP contribution < -0.4 is 24.8 Å². The van der Waals surface area contributed by atoms with E-state index in [9.17, 15) is 19.5 Å². The van der Waals surface area contributed by atoms with E-state index in [-0.39, 0.29) is 56.5 Å². The Hall–Kier alpha value is -5.23. The fraction of sp³-hybridized carbons (Fsp3) is 0.361. The van der Waals surface area contributed by atoms with Crippen molar-refractivity contribution in [3.05, 3.63) is 78.0 Å². The summed E-state index contributed by atoms with van der Waals surface area (Å²) < 4.78 is 19.4. The van der Waals surface area contributed by atoms with E-state index in [0.29, 0.717) is 40.7 Å². The molecule has 3 aromatic carbocycles. The quantitative estimate of drug-likeness (QED) is 0.256. The standard InChI is InChI=1S/C36H41N5O7/c1-22-17-41(23(2)20-42)35(44)15-24-13-26(37-34(43)14-25-18-39(3)29-8-6-5-7-28(25)29)9-11-30(24)48-33(22)19-40(4)36(45)38-27-10-12-31-32(16-27)47-21-46-31/h5-13,16,18,22-23,33,42H,14-15,17,19-21H2,1-4H3,(H,37,43)(H,38,45)/t22-,23-,33+/m1/s1. The molecular formula is C36H41N5O7. The van der Waals surface area contributed by atoms with Gasteiger partial charge in [0.2, 0.25) is 18.6 Å². The van der Waals surface area contributed by atoms with E-state index in [2.05, 4.69) is 10.6 Å². The lowest BCUT2D eigenvalue weighted by Gasteiger charge is -2.34. The van der Waals surface area contributed by atoms with Gasteiger partial charge in [0, 0.05) is 66.7 Å². The summed E-state index contributed by atoms with van der Waals surface area (Å²) in [5.74, 6) is 1.13. The van der Waals surface area contributed by atoms with Gasteiger partial charge in [0.1, 0.15) is 11.9 Å². The molecule has 0 radical (unpaired) electrons. The molecule has 4 aromatic rings. The molecule has 0 saturated heterocycles. The predicted octanol–water partition coefficient (Wildman–Crippen LogP) is 4.40. The Morgan fingerprint density at radius 2 is 1.75 bits per heavy atom. The van der Waals surface area contributed by atoms with Crippen LogP contribution in [0.2, 0.25) is 0 Å². The first kappa shape index (κ1) is 32.7. The lowest BCUT2D eigenvalue weighted by Crippen LogP contribution is -2.48. The van der Waals surface area contributed by atoms with E-state index >= 15 is 0 Å². The minimum absolute atomic E-state index is 0.0204. The van der Waals surface area contributed by atoms with E-state index in [1.54, 1.807) is 55.3 Å². The molecule has 252 valence electrons. The average Bonchev–Trinajstić information content (AvgIpc) is 3.67. The minimum Gasteiger partial charge on any atom is -0.488 e. The number of likely N-dealkylation sites (N-methyl/N-ethyl adjacent to an activating group) is 1. The average molecular weight is 656 g/mol. The molecule has 6 rings (SSSR count). The molecule has 1 aromatic heterocycles. The zero-order chi connectivity index (χ0) is 33.9. The Bertz CT molecular complexity index is 1840. The van der Waals surface area contributed by atoms with Crippen molar-refractivity contribution in [3.8, 4) is 17.2 Å². The number of nitrogens with zero attached hydrogens (tertiary/aromatic N) is 3. The number of urea groups is 1. The third kappa shape index (κ3) is 7.03. The molecule has 2 aliphatic rings. The van der Waals surface area contributed by atoms with Crippen molar-refractivity contribution in [2.45, 2.75) is 38.8 Å². The number of benzene rings is 3. The highest BCUT2D eigenvalue weighted by Gasteiger charge is 2.32. The van der Waals surface area contributed by atoms with Crippen molar-refractivity contribution < 1.29 is 33.7 Å². The molecule has 48 heavy (non-hydrogen) atoms. The molecule has 12 nitrogen and oxygen atoms in total. The molecule has 3 N–H and O–H groups in total. The van der Waals surface area contributed by atoms with E-state index in [1.165, 1.54) is 4.90 Å². The van der Waals surface area contributed by atoms with Crippen LogP contribution in [0.4, 0.5) is 16.2 Å². The third-order valence-corrected chi connectivity index (χ3v) is 8.96. The van der Waals surface area contributed by atoms with Crippen LogP contribution >= 0.6 is 0 Å². The number of amides is 4. The summed E-state index contributed by atoms with van der Waals surface area (Å²) in [5.41, 5.74) is 3.68. The number of aliphatic hydroxyl groups excluding tert-OH is 1. The van der Waals surface area contributed by atoms with Crippen LogP contribution in [0.1, 0.15) is 25.0 Å². The van der Waals surface area contributed by atoms with E-state index in [4.69, 9.17) is 14.2 Å². The molecule has 2 aliphatic heterocycles. The monoisotopic (exact) mass is 655 g/mol. The summed E-state index contributed by atoms with van der Waals surface area (Å²) in [6.45, 7) is 4.25. The largest absolute Gasteiger partial charge is 0.488 e. The Labute approximate surface area is 279 Å². The van der Waals surface area contributed by atoms with Crippen LogP contribution in [0.5, 0.6) is 17.2 Å². The van der Waals surface area contributed by atoms with Gasteiger partial charge in [-0.25, -0.2) is 4.79 Å². The van der Waals surface area contributed by atoms with Gasteiger partial charge >= 0.3 is 6.03 Å². The van der Waals surface area contributed by atoms with Crippen LogP contribution in [-0.4, -0.2) is 83.0 Å². The number of anilines is 2. The lowest BCUT2D eigenvalue weighted by atomic mass is 10.0. The van der Waals surface area contributed by atoms with Crippen molar-refractivity contribution in [1.82, 2.24) is 14.4 Å². The number of carbonyl (C=O) groups excluding carboxylic acids is 3. The second-order valence-electron chi connectivity index (χ2n) is 12.6. The number of carbonyl (C=O) groups is 3. The number of aliphatic hydroxyl groups is 1. The maximum absolute atomic E-state index is 13.6. The number of hydrogen-bond acceptors (Lipinski definition) is 7. The predicted molar refractivity (Wildman–Crippen MR) is 181 cm³/mol. The highest BCUT2D eigenvalue weighted by Crippen LogP contribution is 2.34. The summed E-state index contributed by atoms with van der Waals surface area (Å²) in [6.07, 6.45) is 1.68. The zero-order valence-electron chi connectivity index (χ0n) is 27.6.